The largest absolute Gasteiger partial charge is 0.496 e. The van der Waals surface area contributed by atoms with Crippen LogP contribution >= 0.6 is 22.7 Å². The third kappa shape index (κ3) is 3.94. The van der Waals surface area contributed by atoms with Gasteiger partial charge in [0.25, 0.3) is 0 Å². The lowest BCUT2D eigenvalue weighted by Gasteiger charge is -2.32. The van der Waals surface area contributed by atoms with Crippen molar-refractivity contribution in [2.24, 2.45) is 0 Å². The van der Waals surface area contributed by atoms with Gasteiger partial charge in [-0.2, -0.15) is 0 Å². The molecule has 0 radical (unpaired) electrons. The van der Waals surface area contributed by atoms with Crippen molar-refractivity contribution >= 4 is 35.3 Å². The molecule has 1 saturated heterocycles. The van der Waals surface area contributed by atoms with Crippen LogP contribution in [0.3, 0.4) is 0 Å². The monoisotopic (exact) mass is 442 g/mol. The lowest BCUT2D eigenvalue weighted by Crippen LogP contribution is -2.41. The first kappa shape index (κ1) is 21.5. The molecule has 1 aliphatic rings. The maximum Gasteiger partial charge on any atom is 0.494 e. The predicted molar refractivity (Wildman–Crippen MR) is 124 cm³/mol. The van der Waals surface area contributed by atoms with Crippen molar-refractivity contribution in [2.45, 2.75) is 59.2 Å². The Morgan fingerprint density at radius 2 is 1.77 bits per heavy atom. The van der Waals surface area contributed by atoms with Gasteiger partial charge in [0.1, 0.15) is 5.75 Å². The Balaban J connectivity index is 1.60. The van der Waals surface area contributed by atoms with E-state index in [2.05, 4.69) is 44.1 Å². The summed E-state index contributed by atoms with van der Waals surface area (Å²) in [4.78, 5) is 10.5. The summed E-state index contributed by atoms with van der Waals surface area (Å²) >= 11 is 3.35. The molecule has 0 N–H and O–H groups in total. The Labute approximate surface area is 186 Å². The Kier molecular flexibility index (Phi) is 5.55. The van der Waals surface area contributed by atoms with Crippen molar-refractivity contribution in [2.75, 3.05) is 7.11 Å². The third-order valence-corrected chi connectivity index (χ3v) is 7.80. The fourth-order valence-electron chi connectivity index (χ4n) is 3.49. The van der Waals surface area contributed by atoms with Crippen LogP contribution in [0.4, 0.5) is 0 Å². The molecule has 0 bridgehead atoms. The van der Waals surface area contributed by atoms with Crippen LogP contribution in [0.15, 0.2) is 23.6 Å². The van der Waals surface area contributed by atoms with Gasteiger partial charge < -0.3 is 14.0 Å². The van der Waals surface area contributed by atoms with Crippen LogP contribution < -0.4 is 10.2 Å². The number of hydrogen-bond acceptors (Lipinski definition) is 7. The van der Waals surface area contributed by atoms with Gasteiger partial charge >= 0.3 is 7.12 Å². The summed E-state index contributed by atoms with van der Waals surface area (Å²) in [6.07, 6.45) is 0.692. The van der Waals surface area contributed by atoms with E-state index >= 15 is 0 Å². The average Bonchev–Trinajstić information content (AvgIpc) is 3.31. The molecule has 8 heteroatoms. The van der Waals surface area contributed by atoms with Crippen LogP contribution in [-0.4, -0.2) is 35.4 Å². The second kappa shape index (κ2) is 7.75. The highest BCUT2D eigenvalue weighted by atomic mass is 32.1. The minimum absolute atomic E-state index is 0.368. The number of benzene rings is 1. The molecule has 1 aliphatic heterocycles. The number of thiazole rings is 2. The maximum absolute atomic E-state index is 6.22. The van der Waals surface area contributed by atoms with E-state index in [1.165, 1.54) is 0 Å². The number of hydrogen-bond donors (Lipinski definition) is 0. The van der Waals surface area contributed by atoms with Gasteiger partial charge in [-0.15, -0.1) is 22.7 Å². The fraction of sp³-hybridized carbons (Fsp3) is 0.455. The van der Waals surface area contributed by atoms with Gasteiger partial charge in [-0.3, -0.25) is 0 Å². The standard InChI is InChI=1S/C22H27BN2O3S2/c1-13-20(30-14(2)24-13)17-12-29-19(25-17)11-15-10-16(8-9-18(15)26-7)23-27-21(3,4)22(5,6)28-23/h8-10,12H,11H2,1-7H3. The van der Waals surface area contributed by atoms with Gasteiger partial charge in [-0.25, -0.2) is 9.97 Å². The number of aromatic nitrogens is 2. The number of rotatable bonds is 5. The molecule has 158 valence electrons. The Morgan fingerprint density at radius 1 is 1.07 bits per heavy atom. The first-order chi connectivity index (χ1) is 14.1. The molecule has 5 nitrogen and oxygen atoms in total. The summed E-state index contributed by atoms with van der Waals surface area (Å²) in [5.74, 6) is 0.844. The summed E-state index contributed by atoms with van der Waals surface area (Å²) in [7, 11) is 1.30. The van der Waals surface area contributed by atoms with Crippen molar-refractivity contribution in [3.8, 4) is 16.3 Å². The number of nitrogens with zero attached hydrogens (tertiary/aromatic N) is 2. The van der Waals surface area contributed by atoms with Gasteiger partial charge in [0, 0.05) is 17.4 Å². The predicted octanol–water partition coefficient (Wildman–Crippen LogP) is 4.78. The summed E-state index contributed by atoms with van der Waals surface area (Å²) in [5, 5.41) is 4.22. The van der Waals surface area contributed by atoms with Crippen LogP contribution in [0.25, 0.3) is 10.6 Å². The quantitative estimate of drug-likeness (QED) is 0.533. The van der Waals surface area contributed by atoms with Crippen LogP contribution in [0.1, 0.15) is 49.0 Å². The van der Waals surface area contributed by atoms with E-state index in [1.807, 2.05) is 26.0 Å². The highest BCUT2D eigenvalue weighted by Crippen LogP contribution is 2.37. The lowest BCUT2D eigenvalue weighted by molar-refractivity contribution is 0.00578. The van der Waals surface area contributed by atoms with E-state index in [4.69, 9.17) is 19.0 Å². The van der Waals surface area contributed by atoms with E-state index < -0.39 is 7.12 Å². The minimum Gasteiger partial charge on any atom is -0.496 e. The van der Waals surface area contributed by atoms with E-state index in [9.17, 15) is 0 Å². The normalized spacial score (nSPS) is 17.5. The molecule has 0 aliphatic carbocycles. The Hall–Kier alpha value is -1.74. The van der Waals surface area contributed by atoms with Crippen molar-refractivity contribution in [1.29, 1.82) is 0 Å². The molecule has 0 spiro atoms. The third-order valence-electron chi connectivity index (χ3n) is 5.86. The van der Waals surface area contributed by atoms with Gasteiger partial charge in [-0.1, -0.05) is 12.1 Å². The molecular weight excluding hydrogens is 415 g/mol. The van der Waals surface area contributed by atoms with E-state index in [1.54, 1.807) is 29.8 Å². The van der Waals surface area contributed by atoms with Crippen LogP contribution in [0.5, 0.6) is 5.75 Å². The second-order valence-corrected chi connectivity index (χ2v) is 10.8. The molecule has 1 fully saturated rings. The van der Waals surface area contributed by atoms with Crippen molar-refractivity contribution < 1.29 is 14.0 Å². The van der Waals surface area contributed by atoms with E-state index in [-0.39, 0.29) is 11.2 Å². The average molecular weight is 442 g/mol. The summed E-state index contributed by atoms with van der Waals surface area (Å²) in [5.41, 5.74) is 3.37. The molecule has 2 aromatic heterocycles. The first-order valence-corrected chi connectivity index (χ1v) is 11.7. The van der Waals surface area contributed by atoms with Crippen LogP contribution in [0.2, 0.25) is 0 Å². The van der Waals surface area contributed by atoms with Gasteiger partial charge in [0.05, 0.1) is 44.6 Å². The molecule has 0 amide bonds. The fourth-order valence-corrected chi connectivity index (χ4v) is 5.25. The zero-order chi connectivity index (χ0) is 21.7. The first-order valence-electron chi connectivity index (χ1n) is 10.0. The second-order valence-electron chi connectivity index (χ2n) is 8.61. The highest BCUT2D eigenvalue weighted by Gasteiger charge is 2.51. The SMILES string of the molecule is COc1ccc(B2OC(C)(C)C(C)(C)O2)cc1Cc1nc(-c2sc(C)nc2C)cs1. The lowest BCUT2D eigenvalue weighted by atomic mass is 9.78. The smallest absolute Gasteiger partial charge is 0.494 e. The molecule has 0 unspecified atom stereocenters. The number of methoxy groups -OCH3 is 1. The van der Waals surface area contributed by atoms with Gasteiger partial charge in [0.2, 0.25) is 0 Å². The molecular formula is C22H27BN2O3S2. The number of aryl methyl sites for hydroxylation is 2. The molecule has 4 rings (SSSR count). The van der Waals surface area contributed by atoms with Crippen LogP contribution in [-0.2, 0) is 15.7 Å². The summed E-state index contributed by atoms with van der Waals surface area (Å²) in [6, 6.07) is 6.12. The van der Waals surface area contributed by atoms with Crippen molar-refractivity contribution in [3.63, 3.8) is 0 Å². The summed E-state index contributed by atoms with van der Waals surface area (Å²) in [6.45, 7) is 12.3. The van der Waals surface area contributed by atoms with E-state index in [0.717, 1.165) is 43.1 Å². The molecule has 3 aromatic rings. The van der Waals surface area contributed by atoms with Gasteiger partial charge in [-0.05, 0) is 53.1 Å². The Bertz CT molecular complexity index is 1060. The number of ether oxygens (including phenoxy) is 1. The highest BCUT2D eigenvalue weighted by molar-refractivity contribution is 7.16. The molecule has 0 atom stereocenters. The molecule has 1 aromatic carbocycles. The minimum atomic E-state index is -0.394. The van der Waals surface area contributed by atoms with E-state index in [0.29, 0.717) is 6.42 Å². The topological polar surface area (TPSA) is 53.5 Å². The van der Waals surface area contributed by atoms with Crippen molar-refractivity contribution in [3.05, 3.63) is 44.9 Å². The zero-order valence-electron chi connectivity index (χ0n) is 18.5. The van der Waals surface area contributed by atoms with Crippen LogP contribution in [0, 0.1) is 13.8 Å². The zero-order valence-corrected chi connectivity index (χ0v) is 20.2. The maximum atomic E-state index is 6.22. The van der Waals surface area contributed by atoms with Crippen molar-refractivity contribution in [1.82, 2.24) is 9.97 Å². The molecule has 30 heavy (non-hydrogen) atoms. The Morgan fingerprint density at radius 3 is 2.37 bits per heavy atom. The van der Waals surface area contributed by atoms with Gasteiger partial charge in [0.15, 0.2) is 0 Å². The molecule has 0 saturated carbocycles. The molecule has 3 heterocycles. The summed E-state index contributed by atoms with van der Waals surface area (Å²) < 4.78 is 18.1.